The minimum atomic E-state index is -0.0889. The summed E-state index contributed by atoms with van der Waals surface area (Å²) in [5, 5.41) is 2.94. The molecule has 0 aromatic carbocycles. The molecule has 0 saturated heterocycles. The van der Waals surface area contributed by atoms with Gasteiger partial charge in [0.25, 0.3) is 0 Å². The number of carbonyl (C=O) groups excluding carboxylic acids is 1. The molecule has 0 aliphatic heterocycles. The van der Waals surface area contributed by atoms with Crippen LogP contribution in [-0.4, -0.2) is 25.2 Å². The van der Waals surface area contributed by atoms with E-state index in [1.165, 1.54) is 0 Å². The predicted molar refractivity (Wildman–Crippen MR) is 67.3 cm³/mol. The molecule has 1 N–H and O–H groups in total. The van der Waals surface area contributed by atoms with E-state index in [0.29, 0.717) is 5.92 Å². The van der Waals surface area contributed by atoms with Crippen LogP contribution in [0, 0.1) is 11.8 Å². The van der Waals surface area contributed by atoms with Crippen molar-refractivity contribution in [1.82, 2.24) is 5.32 Å². The number of methoxy groups -OCH3 is 1. The summed E-state index contributed by atoms with van der Waals surface area (Å²) in [6.45, 7) is 10.2. The number of hydrogen-bond donors (Lipinski definition) is 1. The summed E-state index contributed by atoms with van der Waals surface area (Å²) in [5.74, 6) is 0.418. The van der Waals surface area contributed by atoms with Gasteiger partial charge in [-0.25, -0.2) is 0 Å². The quantitative estimate of drug-likeness (QED) is 0.728. The molecule has 16 heavy (non-hydrogen) atoms. The fraction of sp³-hybridized carbons (Fsp3) is 0.923. The first-order chi connectivity index (χ1) is 7.43. The van der Waals surface area contributed by atoms with Gasteiger partial charge in [0.05, 0.1) is 12.0 Å². The van der Waals surface area contributed by atoms with Crippen molar-refractivity contribution in [3.63, 3.8) is 0 Å². The van der Waals surface area contributed by atoms with Gasteiger partial charge in [-0.05, 0) is 26.2 Å². The summed E-state index contributed by atoms with van der Waals surface area (Å²) in [7, 11) is 1.69. The van der Waals surface area contributed by atoms with Crippen molar-refractivity contribution >= 4 is 5.91 Å². The third-order valence-electron chi connectivity index (χ3n) is 2.91. The Bertz CT molecular complexity index is 204. The van der Waals surface area contributed by atoms with Crippen molar-refractivity contribution in [3.05, 3.63) is 0 Å². The molecule has 0 rings (SSSR count). The lowest BCUT2D eigenvalue weighted by Crippen LogP contribution is -2.42. The third kappa shape index (κ3) is 4.97. The number of ether oxygens (including phenoxy) is 1. The van der Waals surface area contributed by atoms with Crippen LogP contribution in [0.4, 0.5) is 0 Å². The number of hydrogen-bond acceptors (Lipinski definition) is 2. The Balaban J connectivity index is 4.39. The van der Waals surface area contributed by atoms with Crippen LogP contribution in [0.1, 0.15) is 47.5 Å². The Morgan fingerprint density at radius 2 is 1.81 bits per heavy atom. The van der Waals surface area contributed by atoms with Crippen molar-refractivity contribution in [3.8, 4) is 0 Å². The van der Waals surface area contributed by atoms with Crippen molar-refractivity contribution in [1.29, 1.82) is 0 Å². The van der Waals surface area contributed by atoms with E-state index < -0.39 is 0 Å². The van der Waals surface area contributed by atoms with E-state index in [9.17, 15) is 4.79 Å². The molecule has 0 fully saturated rings. The van der Waals surface area contributed by atoms with Gasteiger partial charge in [-0.3, -0.25) is 4.79 Å². The standard InChI is InChI=1S/C13H27NO2/c1-7-8-10(4)12(16-6)11(5)13(15)14-9(2)3/h9-12H,7-8H2,1-6H3,(H,14,15). The summed E-state index contributed by atoms with van der Waals surface area (Å²) in [4.78, 5) is 11.9. The molecule has 1 amide bonds. The van der Waals surface area contributed by atoms with Gasteiger partial charge in [-0.15, -0.1) is 0 Å². The maximum absolute atomic E-state index is 11.9. The summed E-state index contributed by atoms with van der Waals surface area (Å²) in [6, 6.07) is 0.189. The van der Waals surface area contributed by atoms with Crippen LogP contribution in [0.5, 0.6) is 0 Å². The Hall–Kier alpha value is -0.570. The van der Waals surface area contributed by atoms with E-state index >= 15 is 0 Å². The molecule has 0 aliphatic carbocycles. The summed E-state index contributed by atoms with van der Waals surface area (Å²) < 4.78 is 5.47. The largest absolute Gasteiger partial charge is 0.380 e. The molecule has 3 unspecified atom stereocenters. The van der Waals surface area contributed by atoms with Crippen LogP contribution in [0.25, 0.3) is 0 Å². The smallest absolute Gasteiger partial charge is 0.225 e. The molecule has 0 aliphatic rings. The zero-order valence-electron chi connectivity index (χ0n) is 11.5. The predicted octanol–water partition coefficient (Wildman–Crippen LogP) is 2.60. The van der Waals surface area contributed by atoms with E-state index in [1.807, 2.05) is 20.8 Å². The minimum Gasteiger partial charge on any atom is -0.380 e. The van der Waals surface area contributed by atoms with Gasteiger partial charge < -0.3 is 10.1 Å². The first-order valence-electron chi connectivity index (χ1n) is 6.27. The van der Waals surface area contributed by atoms with Crippen LogP contribution in [-0.2, 0) is 9.53 Å². The van der Waals surface area contributed by atoms with E-state index in [4.69, 9.17) is 4.74 Å². The fourth-order valence-electron chi connectivity index (χ4n) is 2.11. The highest BCUT2D eigenvalue weighted by Gasteiger charge is 2.28. The van der Waals surface area contributed by atoms with Crippen molar-refractivity contribution in [2.45, 2.75) is 59.6 Å². The Morgan fingerprint density at radius 1 is 1.25 bits per heavy atom. The highest BCUT2D eigenvalue weighted by molar-refractivity contribution is 5.79. The molecule has 0 saturated carbocycles. The lowest BCUT2D eigenvalue weighted by Gasteiger charge is -2.28. The molecule has 3 nitrogen and oxygen atoms in total. The van der Waals surface area contributed by atoms with Gasteiger partial charge in [-0.1, -0.05) is 27.2 Å². The molecule has 0 aromatic rings. The lowest BCUT2D eigenvalue weighted by molar-refractivity contribution is -0.130. The fourth-order valence-corrected chi connectivity index (χ4v) is 2.11. The minimum absolute atomic E-state index is 0.0127. The molecule has 0 radical (unpaired) electrons. The van der Waals surface area contributed by atoms with Gasteiger partial charge >= 0.3 is 0 Å². The Morgan fingerprint density at radius 3 is 2.19 bits per heavy atom. The van der Waals surface area contributed by atoms with Crippen LogP contribution in [0.3, 0.4) is 0 Å². The second-order valence-corrected chi connectivity index (χ2v) is 4.92. The molecule has 3 heteroatoms. The number of nitrogens with one attached hydrogen (secondary N) is 1. The van der Waals surface area contributed by atoms with E-state index in [2.05, 4.69) is 19.2 Å². The maximum Gasteiger partial charge on any atom is 0.225 e. The van der Waals surface area contributed by atoms with Crippen molar-refractivity contribution < 1.29 is 9.53 Å². The summed E-state index contributed by atoms with van der Waals surface area (Å²) >= 11 is 0. The SMILES string of the molecule is CCCC(C)C(OC)C(C)C(=O)NC(C)C. The summed E-state index contributed by atoms with van der Waals surface area (Å²) in [5.41, 5.74) is 0. The first kappa shape index (κ1) is 15.4. The van der Waals surface area contributed by atoms with Crippen LogP contribution in [0.2, 0.25) is 0 Å². The molecule has 0 spiro atoms. The normalized spacial score (nSPS) is 16.9. The number of rotatable bonds is 7. The Labute approximate surface area is 99.9 Å². The highest BCUT2D eigenvalue weighted by atomic mass is 16.5. The highest BCUT2D eigenvalue weighted by Crippen LogP contribution is 2.20. The van der Waals surface area contributed by atoms with Gasteiger partial charge in [-0.2, -0.15) is 0 Å². The van der Waals surface area contributed by atoms with E-state index in [0.717, 1.165) is 12.8 Å². The van der Waals surface area contributed by atoms with Gasteiger partial charge in [0.15, 0.2) is 0 Å². The lowest BCUT2D eigenvalue weighted by atomic mass is 9.89. The van der Waals surface area contributed by atoms with Crippen LogP contribution >= 0.6 is 0 Å². The van der Waals surface area contributed by atoms with Gasteiger partial charge in [0.1, 0.15) is 0 Å². The van der Waals surface area contributed by atoms with E-state index in [1.54, 1.807) is 7.11 Å². The number of carbonyl (C=O) groups is 1. The third-order valence-corrected chi connectivity index (χ3v) is 2.91. The molecule has 0 heterocycles. The summed E-state index contributed by atoms with van der Waals surface area (Å²) in [6.07, 6.45) is 2.23. The molecule has 3 atom stereocenters. The monoisotopic (exact) mass is 229 g/mol. The second-order valence-electron chi connectivity index (χ2n) is 4.92. The van der Waals surface area contributed by atoms with Gasteiger partial charge in [0, 0.05) is 13.2 Å². The average Bonchev–Trinajstić information content (AvgIpc) is 2.17. The zero-order chi connectivity index (χ0) is 12.7. The molecular formula is C13H27NO2. The molecular weight excluding hydrogens is 202 g/mol. The zero-order valence-corrected chi connectivity index (χ0v) is 11.5. The van der Waals surface area contributed by atoms with Crippen LogP contribution < -0.4 is 5.32 Å². The molecule has 96 valence electrons. The first-order valence-corrected chi connectivity index (χ1v) is 6.27. The van der Waals surface area contributed by atoms with Gasteiger partial charge in [0.2, 0.25) is 5.91 Å². The van der Waals surface area contributed by atoms with Crippen molar-refractivity contribution in [2.75, 3.05) is 7.11 Å². The molecule has 0 aromatic heterocycles. The average molecular weight is 229 g/mol. The molecule has 0 bridgehead atoms. The van der Waals surface area contributed by atoms with Crippen LogP contribution in [0.15, 0.2) is 0 Å². The Kier molecular flexibility index (Phi) is 7.39. The topological polar surface area (TPSA) is 38.3 Å². The maximum atomic E-state index is 11.9. The van der Waals surface area contributed by atoms with Crippen molar-refractivity contribution in [2.24, 2.45) is 11.8 Å². The van der Waals surface area contributed by atoms with E-state index in [-0.39, 0.29) is 24.0 Å². The second kappa shape index (κ2) is 7.66. The number of amides is 1.